The first kappa shape index (κ1) is 11.1. The van der Waals surface area contributed by atoms with Crippen LogP contribution in [0.25, 0.3) is 0 Å². The second-order valence-corrected chi connectivity index (χ2v) is 3.53. The second kappa shape index (κ2) is 6.47. The lowest BCUT2D eigenvalue weighted by Crippen LogP contribution is -2.23. The van der Waals surface area contributed by atoms with Gasteiger partial charge in [0.15, 0.2) is 0 Å². The first-order chi connectivity index (χ1) is 6.88. The number of benzene rings is 1. The van der Waals surface area contributed by atoms with Crippen LogP contribution in [0.1, 0.15) is 26.2 Å². The van der Waals surface area contributed by atoms with E-state index in [1.54, 1.807) is 0 Å². The van der Waals surface area contributed by atoms with Crippen molar-refractivity contribution in [2.75, 3.05) is 18.0 Å². The lowest BCUT2D eigenvalue weighted by molar-refractivity contribution is 0.693. The Balaban J connectivity index is 2.46. The third kappa shape index (κ3) is 3.41. The molecule has 0 aromatic heterocycles. The van der Waals surface area contributed by atoms with Gasteiger partial charge in [0, 0.05) is 18.8 Å². The summed E-state index contributed by atoms with van der Waals surface area (Å²) in [5.74, 6) is 0. The summed E-state index contributed by atoms with van der Waals surface area (Å²) in [6.45, 7) is 8.18. The van der Waals surface area contributed by atoms with E-state index in [1.807, 2.05) is 0 Å². The molecule has 1 aromatic rings. The molecule has 14 heavy (non-hydrogen) atoms. The normalized spacial score (nSPS) is 10.1. The first-order valence-electron chi connectivity index (χ1n) is 5.47. The lowest BCUT2D eigenvalue weighted by Gasteiger charge is -2.22. The fourth-order valence-corrected chi connectivity index (χ4v) is 1.56. The Morgan fingerprint density at radius 2 is 1.86 bits per heavy atom. The fourth-order valence-electron chi connectivity index (χ4n) is 1.56. The Morgan fingerprint density at radius 1 is 1.14 bits per heavy atom. The SMILES string of the molecule is [CH2]CN(CCCCC)c1ccccc1. The molecule has 1 heteroatoms. The van der Waals surface area contributed by atoms with Gasteiger partial charge >= 0.3 is 0 Å². The number of hydrogen-bond acceptors (Lipinski definition) is 1. The minimum absolute atomic E-state index is 0.855. The molecule has 0 amide bonds. The minimum Gasteiger partial charge on any atom is -0.372 e. The summed E-state index contributed by atoms with van der Waals surface area (Å²) in [5.41, 5.74) is 1.29. The van der Waals surface area contributed by atoms with E-state index in [-0.39, 0.29) is 0 Å². The van der Waals surface area contributed by atoms with Crippen LogP contribution in [0.5, 0.6) is 0 Å². The van der Waals surface area contributed by atoms with E-state index in [4.69, 9.17) is 0 Å². The van der Waals surface area contributed by atoms with Gasteiger partial charge in [-0.15, -0.1) is 0 Å². The molecule has 1 nitrogen and oxygen atoms in total. The molecule has 77 valence electrons. The fraction of sp³-hybridized carbons (Fsp3) is 0.462. The summed E-state index contributed by atoms with van der Waals surface area (Å²) in [4.78, 5) is 2.33. The van der Waals surface area contributed by atoms with E-state index in [2.05, 4.69) is 49.1 Å². The van der Waals surface area contributed by atoms with Crippen molar-refractivity contribution < 1.29 is 0 Å². The highest BCUT2D eigenvalue weighted by Gasteiger charge is 2.01. The van der Waals surface area contributed by atoms with E-state index in [1.165, 1.54) is 24.9 Å². The Labute approximate surface area is 87.7 Å². The highest BCUT2D eigenvalue weighted by molar-refractivity contribution is 5.45. The van der Waals surface area contributed by atoms with Crippen molar-refractivity contribution in [3.05, 3.63) is 37.3 Å². The molecule has 0 unspecified atom stereocenters. The van der Waals surface area contributed by atoms with Crippen LogP contribution >= 0.6 is 0 Å². The highest BCUT2D eigenvalue weighted by atomic mass is 15.1. The zero-order chi connectivity index (χ0) is 10.2. The van der Waals surface area contributed by atoms with E-state index in [9.17, 15) is 0 Å². The summed E-state index contributed by atoms with van der Waals surface area (Å²) in [6, 6.07) is 10.5. The molecular weight excluding hydrogens is 170 g/mol. The number of nitrogens with zero attached hydrogens (tertiary/aromatic N) is 1. The standard InChI is InChI=1S/C13H20N/c1-3-5-9-12-14(4-2)13-10-7-6-8-11-13/h6-8,10-11H,2-5,9,12H2,1H3. The average molecular weight is 190 g/mol. The molecule has 0 fully saturated rings. The maximum atomic E-state index is 3.97. The van der Waals surface area contributed by atoms with Crippen LogP contribution in [0.2, 0.25) is 0 Å². The number of unbranched alkanes of at least 4 members (excludes halogenated alkanes) is 2. The molecule has 1 aromatic carbocycles. The molecule has 1 radical (unpaired) electrons. The third-order valence-corrected chi connectivity index (χ3v) is 2.42. The molecule has 0 aliphatic rings. The Bertz CT molecular complexity index is 230. The van der Waals surface area contributed by atoms with Crippen LogP contribution in [0.4, 0.5) is 5.69 Å². The van der Waals surface area contributed by atoms with Gasteiger partial charge in [0.1, 0.15) is 0 Å². The molecule has 0 saturated heterocycles. The van der Waals surface area contributed by atoms with Gasteiger partial charge in [0.25, 0.3) is 0 Å². The van der Waals surface area contributed by atoms with E-state index in [0.29, 0.717) is 0 Å². The lowest BCUT2D eigenvalue weighted by atomic mass is 10.2. The monoisotopic (exact) mass is 190 g/mol. The van der Waals surface area contributed by atoms with Crippen LogP contribution in [0, 0.1) is 6.92 Å². The first-order valence-corrected chi connectivity index (χ1v) is 5.47. The predicted octanol–water partition coefficient (Wildman–Crippen LogP) is 3.52. The summed E-state index contributed by atoms with van der Waals surface area (Å²) >= 11 is 0. The summed E-state index contributed by atoms with van der Waals surface area (Å²) < 4.78 is 0. The maximum absolute atomic E-state index is 3.97. The number of rotatable bonds is 6. The van der Waals surface area contributed by atoms with Gasteiger partial charge < -0.3 is 4.90 Å². The van der Waals surface area contributed by atoms with Gasteiger partial charge in [-0.2, -0.15) is 0 Å². The van der Waals surface area contributed by atoms with E-state index < -0.39 is 0 Å². The zero-order valence-corrected chi connectivity index (χ0v) is 9.08. The maximum Gasteiger partial charge on any atom is 0.0366 e. The van der Waals surface area contributed by atoms with Gasteiger partial charge in [-0.25, -0.2) is 0 Å². The number of para-hydroxylation sites is 1. The molecule has 0 aliphatic heterocycles. The third-order valence-electron chi connectivity index (χ3n) is 2.42. The van der Waals surface area contributed by atoms with Crippen molar-refractivity contribution in [3.63, 3.8) is 0 Å². The smallest absolute Gasteiger partial charge is 0.0366 e. The van der Waals surface area contributed by atoms with Crippen LogP contribution < -0.4 is 4.90 Å². The average Bonchev–Trinajstić information content (AvgIpc) is 2.26. The highest BCUT2D eigenvalue weighted by Crippen LogP contribution is 2.13. The molecule has 0 spiro atoms. The van der Waals surface area contributed by atoms with Crippen molar-refractivity contribution >= 4 is 5.69 Å². The van der Waals surface area contributed by atoms with E-state index >= 15 is 0 Å². The Hall–Kier alpha value is -0.980. The van der Waals surface area contributed by atoms with Crippen LogP contribution in [0.3, 0.4) is 0 Å². The van der Waals surface area contributed by atoms with Crippen molar-refractivity contribution in [2.45, 2.75) is 26.2 Å². The molecule has 0 N–H and O–H groups in total. The van der Waals surface area contributed by atoms with Gasteiger partial charge in [0.2, 0.25) is 0 Å². The van der Waals surface area contributed by atoms with Crippen LogP contribution in [0.15, 0.2) is 30.3 Å². The molecule has 0 saturated carbocycles. The van der Waals surface area contributed by atoms with Crippen molar-refractivity contribution in [1.82, 2.24) is 0 Å². The van der Waals surface area contributed by atoms with Crippen molar-refractivity contribution in [2.24, 2.45) is 0 Å². The van der Waals surface area contributed by atoms with E-state index in [0.717, 1.165) is 13.1 Å². The van der Waals surface area contributed by atoms with Gasteiger partial charge in [-0.05, 0) is 25.5 Å². The predicted molar refractivity (Wildman–Crippen MR) is 63.5 cm³/mol. The minimum atomic E-state index is 0.855. The molecular formula is C13H20N. The van der Waals surface area contributed by atoms with Crippen molar-refractivity contribution in [3.8, 4) is 0 Å². The molecule has 0 atom stereocenters. The van der Waals surface area contributed by atoms with Gasteiger partial charge in [-0.3, -0.25) is 0 Å². The molecule has 0 heterocycles. The molecule has 0 bridgehead atoms. The largest absolute Gasteiger partial charge is 0.372 e. The second-order valence-electron chi connectivity index (χ2n) is 3.53. The molecule has 0 aliphatic carbocycles. The quantitative estimate of drug-likeness (QED) is 0.620. The zero-order valence-electron chi connectivity index (χ0n) is 9.08. The summed E-state index contributed by atoms with van der Waals surface area (Å²) in [6.07, 6.45) is 3.85. The summed E-state index contributed by atoms with van der Waals surface area (Å²) in [7, 11) is 0. The molecule has 1 rings (SSSR count). The van der Waals surface area contributed by atoms with Crippen LogP contribution in [-0.4, -0.2) is 13.1 Å². The summed E-state index contributed by atoms with van der Waals surface area (Å²) in [5, 5.41) is 0. The Morgan fingerprint density at radius 3 is 2.43 bits per heavy atom. The van der Waals surface area contributed by atoms with Gasteiger partial charge in [0.05, 0.1) is 0 Å². The Kier molecular flexibility index (Phi) is 5.13. The number of anilines is 1. The van der Waals surface area contributed by atoms with Crippen LogP contribution in [-0.2, 0) is 0 Å². The van der Waals surface area contributed by atoms with Gasteiger partial charge in [-0.1, -0.05) is 38.0 Å². The number of hydrogen-bond donors (Lipinski definition) is 0. The topological polar surface area (TPSA) is 3.24 Å². The van der Waals surface area contributed by atoms with Crippen molar-refractivity contribution in [1.29, 1.82) is 0 Å².